The van der Waals surface area contributed by atoms with E-state index in [4.69, 9.17) is 0 Å². The van der Waals surface area contributed by atoms with Gasteiger partial charge in [0.25, 0.3) is 5.91 Å². The molecule has 0 aliphatic carbocycles. The maximum atomic E-state index is 12.5. The van der Waals surface area contributed by atoms with Gasteiger partial charge in [0, 0.05) is 38.3 Å². The first kappa shape index (κ1) is 22.0. The normalized spacial score (nSPS) is 13.7. The number of hydrogen-bond acceptors (Lipinski definition) is 5. The maximum absolute atomic E-state index is 12.5. The summed E-state index contributed by atoms with van der Waals surface area (Å²) in [7, 11) is -0.561. The molecule has 2 N–H and O–H groups in total. The van der Waals surface area contributed by atoms with Crippen LogP contribution in [0.15, 0.2) is 58.4 Å². The first-order chi connectivity index (χ1) is 14.1. The predicted octanol–water partition coefficient (Wildman–Crippen LogP) is 2.24. The quantitative estimate of drug-likeness (QED) is 0.708. The fourth-order valence-electron chi connectivity index (χ4n) is 3.09. The second kappa shape index (κ2) is 8.57. The van der Waals surface area contributed by atoms with Crippen LogP contribution in [0.2, 0.25) is 0 Å². The number of nitrogens with one attached hydrogen (secondary N) is 2. The lowest BCUT2D eigenvalue weighted by Gasteiger charge is -2.26. The van der Waals surface area contributed by atoms with E-state index in [1.165, 1.54) is 43.9 Å². The Balaban J connectivity index is 1.55. The van der Waals surface area contributed by atoms with E-state index in [1.54, 1.807) is 0 Å². The average Bonchev–Trinajstić information content (AvgIpc) is 3.14. The molecule has 1 amide bonds. The highest BCUT2D eigenvalue weighted by Crippen LogP contribution is 2.19. The SMILES string of the molecule is CN(C)S(=O)(=O)c1ccc(C(=O)NCC(C)(C)CNC2=NCc3ccccc32)cc1. The second-order valence-electron chi connectivity index (χ2n) is 8.33. The summed E-state index contributed by atoms with van der Waals surface area (Å²) in [6, 6.07) is 14.1. The van der Waals surface area contributed by atoms with Crippen molar-refractivity contribution in [2.24, 2.45) is 10.4 Å². The number of carbonyl (C=O) groups excluding carboxylic acids is 1. The van der Waals surface area contributed by atoms with Gasteiger partial charge < -0.3 is 10.6 Å². The Morgan fingerprint density at radius 1 is 1.07 bits per heavy atom. The molecule has 0 saturated carbocycles. The molecule has 0 saturated heterocycles. The molecule has 0 aromatic heterocycles. The zero-order valence-corrected chi connectivity index (χ0v) is 18.6. The smallest absolute Gasteiger partial charge is 0.251 e. The number of aliphatic imine (C=N–C) groups is 1. The lowest BCUT2D eigenvalue weighted by atomic mass is 9.93. The second-order valence-corrected chi connectivity index (χ2v) is 10.5. The number of rotatable bonds is 7. The minimum absolute atomic E-state index is 0.159. The summed E-state index contributed by atoms with van der Waals surface area (Å²) in [5, 5.41) is 6.34. The van der Waals surface area contributed by atoms with E-state index in [0.717, 1.165) is 15.7 Å². The molecule has 0 spiro atoms. The number of carbonyl (C=O) groups is 1. The van der Waals surface area contributed by atoms with Gasteiger partial charge in [-0.3, -0.25) is 9.79 Å². The summed E-state index contributed by atoms with van der Waals surface area (Å²) in [6.07, 6.45) is 0. The Bertz CT molecular complexity index is 1060. The van der Waals surface area contributed by atoms with Gasteiger partial charge in [-0.2, -0.15) is 0 Å². The summed E-state index contributed by atoms with van der Waals surface area (Å²) in [5.74, 6) is 0.656. The summed E-state index contributed by atoms with van der Waals surface area (Å²) in [5.41, 5.74) is 2.56. The van der Waals surface area contributed by atoms with Crippen LogP contribution >= 0.6 is 0 Å². The van der Waals surface area contributed by atoms with Crippen molar-refractivity contribution in [2.45, 2.75) is 25.3 Å². The van der Waals surface area contributed by atoms with Crippen LogP contribution in [0.3, 0.4) is 0 Å². The molecule has 1 aliphatic rings. The van der Waals surface area contributed by atoms with Gasteiger partial charge in [0.2, 0.25) is 10.0 Å². The number of amidine groups is 1. The van der Waals surface area contributed by atoms with Crippen LogP contribution < -0.4 is 10.6 Å². The van der Waals surface area contributed by atoms with Crippen molar-refractivity contribution < 1.29 is 13.2 Å². The van der Waals surface area contributed by atoms with E-state index in [9.17, 15) is 13.2 Å². The van der Waals surface area contributed by atoms with Crippen LogP contribution in [0.5, 0.6) is 0 Å². The molecule has 0 radical (unpaired) electrons. The van der Waals surface area contributed by atoms with E-state index >= 15 is 0 Å². The predicted molar refractivity (Wildman–Crippen MR) is 118 cm³/mol. The molecule has 8 heteroatoms. The van der Waals surface area contributed by atoms with Gasteiger partial charge in [0.15, 0.2) is 0 Å². The lowest BCUT2D eigenvalue weighted by Crippen LogP contribution is -2.42. The van der Waals surface area contributed by atoms with Gasteiger partial charge in [-0.25, -0.2) is 12.7 Å². The highest BCUT2D eigenvalue weighted by molar-refractivity contribution is 7.89. The van der Waals surface area contributed by atoms with Crippen LogP contribution in [0.25, 0.3) is 0 Å². The standard InChI is InChI=1S/C22H28N4O3S/c1-22(2,14-24-20-19-8-6-5-7-17(19)13-23-20)15-25-21(27)16-9-11-18(12-10-16)30(28,29)26(3)4/h5-12H,13-15H2,1-4H3,(H,23,24)(H,25,27). The van der Waals surface area contributed by atoms with Crippen LogP contribution in [0, 0.1) is 5.41 Å². The number of fused-ring (bicyclic) bond motifs is 1. The first-order valence-electron chi connectivity index (χ1n) is 9.77. The van der Waals surface area contributed by atoms with Crippen molar-refractivity contribution in [3.05, 3.63) is 65.2 Å². The largest absolute Gasteiger partial charge is 0.369 e. The number of nitrogens with zero attached hydrogens (tertiary/aromatic N) is 2. The van der Waals surface area contributed by atoms with Gasteiger partial charge in [-0.1, -0.05) is 38.1 Å². The zero-order chi connectivity index (χ0) is 21.9. The third-order valence-electron chi connectivity index (χ3n) is 5.04. The Kier molecular flexibility index (Phi) is 6.28. The number of sulfonamides is 1. The Morgan fingerprint density at radius 3 is 2.40 bits per heavy atom. The van der Waals surface area contributed by atoms with Gasteiger partial charge in [0.1, 0.15) is 5.84 Å². The lowest BCUT2D eigenvalue weighted by molar-refractivity contribution is 0.0937. The van der Waals surface area contributed by atoms with Crippen LogP contribution in [-0.2, 0) is 16.6 Å². The van der Waals surface area contributed by atoms with Gasteiger partial charge in [-0.15, -0.1) is 0 Å². The first-order valence-corrected chi connectivity index (χ1v) is 11.2. The van der Waals surface area contributed by atoms with E-state index in [1.807, 2.05) is 12.1 Å². The van der Waals surface area contributed by atoms with E-state index < -0.39 is 10.0 Å². The number of hydrogen-bond donors (Lipinski definition) is 2. The molecule has 160 valence electrons. The van der Waals surface area contributed by atoms with Gasteiger partial charge >= 0.3 is 0 Å². The summed E-state index contributed by atoms with van der Waals surface area (Å²) >= 11 is 0. The van der Waals surface area contributed by atoms with Gasteiger partial charge in [0.05, 0.1) is 11.4 Å². The third kappa shape index (κ3) is 4.88. The molecule has 0 bridgehead atoms. The zero-order valence-electron chi connectivity index (χ0n) is 17.8. The van der Waals surface area contributed by atoms with Crippen LogP contribution in [0.4, 0.5) is 0 Å². The molecule has 0 fully saturated rings. The maximum Gasteiger partial charge on any atom is 0.251 e. The highest BCUT2D eigenvalue weighted by atomic mass is 32.2. The van der Waals surface area contributed by atoms with Gasteiger partial charge in [-0.05, 0) is 35.2 Å². The van der Waals surface area contributed by atoms with Crippen molar-refractivity contribution in [2.75, 3.05) is 27.2 Å². The van der Waals surface area contributed by atoms with Crippen LogP contribution in [-0.4, -0.2) is 51.7 Å². The molecule has 30 heavy (non-hydrogen) atoms. The van der Waals surface area contributed by atoms with Crippen molar-refractivity contribution >= 4 is 21.8 Å². The van der Waals surface area contributed by atoms with E-state index in [-0.39, 0.29) is 16.2 Å². The molecule has 2 aromatic carbocycles. The van der Waals surface area contributed by atoms with Crippen molar-refractivity contribution in [1.82, 2.24) is 14.9 Å². The average molecular weight is 429 g/mol. The molecule has 3 rings (SSSR count). The Labute approximate surface area is 178 Å². The fraction of sp³-hybridized carbons (Fsp3) is 0.364. The monoisotopic (exact) mass is 428 g/mol. The number of amides is 1. The number of benzene rings is 2. The van der Waals surface area contributed by atoms with Crippen molar-refractivity contribution in [3.63, 3.8) is 0 Å². The fourth-order valence-corrected chi connectivity index (χ4v) is 3.99. The van der Waals surface area contributed by atoms with Crippen molar-refractivity contribution in [1.29, 1.82) is 0 Å². The molecule has 0 unspecified atom stereocenters. The minimum Gasteiger partial charge on any atom is -0.369 e. The van der Waals surface area contributed by atoms with E-state index in [2.05, 4.69) is 41.6 Å². The molecular formula is C22H28N4O3S. The molecule has 0 atom stereocenters. The summed E-state index contributed by atoms with van der Waals surface area (Å²) in [6.45, 7) is 5.93. The molecular weight excluding hydrogens is 400 g/mol. The van der Waals surface area contributed by atoms with Crippen LogP contribution in [0.1, 0.15) is 35.3 Å². The Hall–Kier alpha value is -2.71. The molecule has 7 nitrogen and oxygen atoms in total. The van der Waals surface area contributed by atoms with E-state index in [0.29, 0.717) is 25.2 Å². The summed E-state index contributed by atoms with van der Waals surface area (Å²) < 4.78 is 25.4. The highest BCUT2D eigenvalue weighted by Gasteiger charge is 2.23. The third-order valence-corrected chi connectivity index (χ3v) is 6.87. The topological polar surface area (TPSA) is 90.9 Å². The minimum atomic E-state index is -3.51. The summed E-state index contributed by atoms with van der Waals surface area (Å²) in [4.78, 5) is 17.2. The Morgan fingerprint density at radius 2 is 1.73 bits per heavy atom. The molecule has 2 aromatic rings. The molecule has 1 heterocycles. The molecule has 1 aliphatic heterocycles. The van der Waals surface area contributed by atoms with Crippen molar-refractivity contribution in [3.8, 4) is 0 Å².